The molecule has 3 aromatic rings. The summed E-state index contributed by atoms with van der Waals surface area (Å²) in [4.78, 5) is 0.120. The molecule has 3 aromatic carbocycles. The summed E-state index contributed by atoms with van der Waals surface area (Å²) in [6.07, 6.45) is -0.433. The molecule has 1 fully saturated rings. The second-order valence-corrected chi connectivity index (χ2v) is 9.98. The average molecular weight is 457 g/mol. The van der Waals surface area contributed by atoms with Crippen LogP contribution in [0.4, 0.5) is 15.8 Å². The zero-order valence-electron chi connectivity index (χ0n) is 17.9. The Morgan fingerprint density at radius 2 is 1.72 bits per heavy atom. The monoisotopic (exact) mass is 456 g/mol. The fraction of sp³-hybridized carbons (Fsp3) is 0.250. The van der Waals surface area contributed by atoms with Crippen molar-refractivity contribution in [2.45, 2.75) is 30.6 Å². The topological polar surface area (TPSA) is 81.9 Å². The molecule has 0 aromatic heterocycles. The van der Waals surface area contributed by atoms with Crippen LogP contribution in [0.5, 0.6) is 0 Å². The smallest absolute Gasteiger partial charge is 0.264 e. The molecule has 1 saturated heterocycles. The van der Waals surface area contributed by atoms with Crippen LogP contribution in [-0.2, 0) is 19.5 Å². The first kappa shape index (κ1) is 22.3. The minimum Gasteiger partial charge on any atom is -0.399 e. The van der Waals surface area contributed by atoms with E-state index in [1.54, 1.807) is 74.5 Å². The number of nitrogens with zero attached hydrogens (tertiary/aromatic N) is 1. The van der Waals surface area contributed by atoms with Crippen molar-refractivity contribution < 1.29 is 22.3 Å². The number of benzene rings is 3. The number of nitrogen functional groups attached to an aromatic ring is 1. The molecule has 0 amide bonds. The maximum Gasteiger partial charge on any atom is 0.264 e. The molecule has 168 valence electrons. The van der Waals surface area contributed by atoms with Crippen molar-refractivity contribution in [1.29, 1.82) is 0 Å². The Morgan fingerprint density at radius 3 is 2.34 bits per heavy atom. The summed E-state index contributed by atoms with van der Waals surface area (Å²) in [7, 11) is -3.95. The van der Waals surface area contributed by atoms with Gasteiger partial charge in [0.15, 0.2) is 5.79 Å². The van der Waals surface area contributed by atoms with Gasteiger partial charge < -0.3 is 15.2 Å². The van der Waals surface area contributed by atoms with E-state index >= 15 is 0 Å². The van der Waals surface area contributed by atoms with Crippen LogP contribution >= 0.6 is 0 Å². The van der Waals surface area contributed by atoms with E-state index in [-0.39, 0.29) is 23.9 Å². The Balaban J connectivity index is 1.72. The van der Waals surface area contributed by atoms with Crippen LogP contribution < -0.4 is 10.0 Å². The van der Waals surface area contributed by atoms with Gasteiger partial charge in [0, 0.05) is 5.69 Å². The van der Waals surface area contributed by atoms with Crippen molar-refractivity contribution in [2.24, 2.45) is 0 Å². The van der Waals surface area contributed by atoms with Gasteiger partial charge in [-0.1, -0.05) is 24.3 Å². The number of anilines is 2. The summed E-state index contributed by atoms with van der Waals surface area (Å²) >= 11 is 0. The van der Waals surface area contributed by atoms with Gasteiger partial charge in [-0.2, -0.15) is 0 Å². The SMILES string of the molecule is CC1(C)OCC(CN(c2ccc(N)cc2)S(=O)(=O)c2cccc(-c3ccc(F)cc3)c2)O1. The van der Waals surface area contributed by atoms with E-state index in [4.69, 9.17) is 15.2 Å². The molecule has 1 aliphatic rings. The summed E-state index contributed by atoms with van der Waals surface area (Å²) in [5, 5.41) is 0. The number of halogens is 1. The standard InChI is InChI=1S/C24H25FN2O4S/c1-24(2)30-16-22(31-24)15-27(21-12-10-20(26)11-13-21)32(28,29)23-5-3-4-18(14-23)17-6-8-19(25)9-7-17/h3-14,22H,15-16,26H2,1-2H3. The van der Waals surface area contributed by atoms with Crippen LogP contribution in [0.3, 0.4) is 0 Å². The molecule has 32 heavy (non-hydrogen) atoms. The molecule has 0 spiro atoms. The van der Waals surface area contributed by atoms with Gasteiger partial charge in [0.2, 0.25) is 0 Å². The predicted octanol–water partition coefficient (Wildman–Crippen LogP) is 4.42. The largest absolute Gasteiger partial charge is 0.399 e. The van der Waals surface area contributed by atoms with Gasteiger partial charge in [0.05, 0.1) is 23.7 Å². The van der Waals surface area contributed by atoms with Gasteiger partial charge in [0.1, 0.15) is 11.9 Å². The summed E-state index contributed by atoms with van der Waals surface area (Å²) in [5.41, 5.74) is 8.20. The molecule has 0 radical (unpaired) electrons. The average Bonchev–Trinajstić information content (AvgIpc) is 3.12. The molecule has 1 heterocycles. The van der Waals surface area contributed by atoms with Crippen LogP contribution in [0, 0.1) is 5.82 Å². The summed E-state index contributed by atoms with van der Waals surface area (Å²) in [6, 6.07) is 19.1. The highest BCUT2D eigenvalue weighted by atomic mass is 32.2. The molecule has 0 aliphatic carbocycles. The van der Waals surface area contributed by atoms with Crippen LogP contribution in [0.25, 0.3) is 11.1 Å². The highest BCUT2D eigenvalue weighted by molar-refractivity contribution is 7.92. The number of ether oxygens (including phenoxy) is 2. The summed E-state index contributed by atoms with van der Waals surface area (Å²) < 4.78 is 53.6. The fourth-order valence-electron chi connectivity index (χ4n) is 3.63. The Bertz CT molecular complexity index is 1200. The molecule has 0 saturated carbocycles. The van der Waals surface area contributed by atoms with Crippen LogP contribution in [-0.4, -0.2) is 33.5 Å². The number of nitrogens with two attached hydrogens (primary N) is 1. The van der Waals surface area contributed by atoms with Crippen molar-refractivity contribution in [3.63, 3.8) is 0 Å². The van der Waals surface area contributed by atoms with Gasteiger partial charge in [-0.05, 0) is 73.5 Å². The quantitative estimate of drug-likeness (QED) is 0.555. The molecule has 1 atom stereocenters. The number of sulfonamides is 1. The Labute approximate surface area is 187 Å². The maximum atomic E-state index is 13.7. The number of hydrogen-bond donors (Lipinski definition) is 1. The maximum absolute atomic E-state index is 13.7. The second kappa shape index (κ2) is 8.54. The van der Waals surface area contributed by atoms with Crippen molar-refractivity contribution in [1.82, 2.24) is 0 Å². The molecule has 8 heteroatoms. The molecular weight excluding hydrogens is 431 g/mol. The molecule has 4 rings (SSSR count). The lowest BCUT2D eigenvalue weighted by atomic mass is 10.1. The summed E-state index contributed by atoms with van der Waals surface area (Å²) in [5.74, 6) is -1.13. The Hall–Kier alpha value is -2.94. The normalized spacial score (nSPS) is 17.9. The van der Waals surface area contributed by atoms with E-state index in [1.165, 1.54) is 16.4 Å². The van der Waals surface area contributed by atoms with E-state index in [0.29, 0.717) is 16.9 Å². The van der Waals surface area contributed by atoms with E-state index in [2.05, 4.69) is 0 Å². The van der Waals surface area contributed by atoms with E-state index in [9.17, 15) is 12.8 Å². The van der Waals surface area contributed by atoms with E-state index < -0.39 is 21.9 Å². The third-order valence-corrected chi connectivity index (χ3v) is 7.01. The highest BCUT2D eigenvalue weighted by Gasteiger charge is 2.36. The first-order valence-corrected chi connectivity index (χ1v) is 11.6. The van der Waals surface area contributed by atoms with Crippen molar-refractivity contribution in [3.8, 4) is 11.1 Å². The van der Waals surface area contributed by atoms with Gasteiger partial charge in [0.25, 0.3) is 10.0 Å². The molecule has 1 aliphatic heterocycles. The Morgan fingerprint density at radius 1 is 1.03 bits per heavy atom. The van der Waals surface area contributed by atoms with Gasteiger partial charge in [-0.25, -0.2) is 12.8 Å². The fourth-order valence-corrected chi connectivity index (χ4v) is 5.17. The minimum absolute atomic E-state index is 0.0798. The molecule has 0 bridgehead atoms. The van der Waals surface area contributed by atoms with Crippen molar-refractivity contribution >= 4 is 21.4 Å². The second-order valence-electron chi connectivity index (χ2n) is 8.11. The zero-order chi connectivity index (χ0) is 22.9. The molecular formula is C24H25FN2O4S. The van der Waals surface area contributed by atoms with E-state index in [0.717, 1.165) is 5.56 Å². The van der Waals surface area contributed by atoms with Gasteiger partial charge >= 0.3 is 0 Å². The van der Waals surface area contributed by atoms with Crippen LogP contribution in [0.2, 0.25) is 0 Å². The minimum atomic E-state index is -3.95. The zero-order valence-corrected chi connectivity index (χ0v) is 18.7. The van der Waals surface area contributed by atoms with Crippen molar-refractivity contribution in [3.05, 3.63) is 78.6 Å². The van der Waals surface area contributed by atoms with Gasteiger partial charge in [-0.15, -0.1) is 0 Å². The van der Waals surface area contributed by atoms with Gasteiger partial charge in [-0.3, -0.25) is 4.31 Å². The third-order valence-electron chi connectivity index (χ3n) is 5.22. The molecule has 6 nitrogen and oxygen atoms in total. The number of rotatable bonds is 6. The van der Waals surface area contributed by atoms with E-state index in [1.807, 2.05) is 0 Å². The first-order chi connectivity index (χ1) is 15.1. The lowest BCUT2D eigenvalue weighted by molar-refractivity contribution is -0.136. The predicted molar refractivity (Wildman–Crippen MR) is 122 cm³/mol. The van der Waals surface area contributed by atoms with Crippen LogP contribution in [0.1, 0.15) is 13.8 Å². The molecule has 1 unspecified atom stereocenters. The Kier molecular flexibility index (Phi) is 5.94. The van der Waals surface area contributed by atoms with Crippen LogP contribution in [0.15, 0.2) is 77.7 Å². The highest BCUT2D eigenvalue weighted by Crippen LogP contribution is 2.31. The lowest BCUT2D eigenvalue weighted by Gasteiger charge is -2.27. The first-order valence-electron chi connectivity index (χ1n) is 10.2. The third kappa shape index (κ3) is 4.77. The molecule has 2 N–H and O–H groups in total. The number of hydrogen-bond acceptors (Lipinski definition) is 5. The lowest BCUT2D eigenvalue weighted by Crippen LogP contribution is -2.39. The summed E-state index contributed by atoms with van der Waals surface area (Å²) in [6.45, 7) is 3.95. The van der Waals surface area contributed by atoms with Crippen molar-refractivity contribution in [2.75, 3.05) is 23.2 Å².